The lowest BCUT2D eigenvalue weighted by molar-refractivity contribution is -0.405. The molecule has 0 radical (unpaired) electrons. The summed E-state index contributed by atoms with van der Waals surface area (Å²) < 4.78 is 88.0. The van der Waals surface area contributed by atoms with Crippen LogP contribution >= 0.6 is 0 Å². The highest BCUT2D eigenvalue weighted by Crippen LogP contribution is 2.44. The van der Waals surface area contributed by atoms with E-state index in [9.17, 15) is 151 Å². The van der Waals surface area contributed by atoms with Crippen LogP contribution < -0.4 is 27.8 Å². The zero-order valence-electron chi connectivity index (χ0n) is 79.9. The van der Waals surface area contributed by atoms with E-state index in [1.165, 1.54) is 96.0 Å². The first kappa shape index (κ1) is 122. The first-order valence-electron chi connectivity index (χ1n) is 49.1. The van der Waals surface area contributed by atoms with Gasteiger partial charge < -0.3 is 221 Å². The van der Waals surface area contributed by atoms with Crippen LogP contribution in [0.15, 0.2) is 12.2 Å². The summed E-state index contributed by atoms with van der Waals surface area (Å²) in [6.45, 7) is -1.58. The summed E-state index contributed by atoms with van der Waals surface area (Å²) in [7, 11) is 0. The van der Waals surface area contributed by atoms with E-state index in [1.807, 2.05) is 0 Å². The number of carbonyl (C=O) groups excluding carboxylic acids is 3. The van der Waals surface area contributed by atoms with Crippen molar-refractivity contribution in [3.05, 3.63) is 12.2 Å². The first-order valence-corrected chi connectivity index (χ1v) is 49.1. The molecule has 0 bridgehead atoms. The topological polar surface area (TPSA) is 829 Å². The standard InChI is InChI=1S/C90H159N5O45/c1-5-7-9-11-13-15-17-19-20-22-24-26-28-30-32-34-58(109)94-38-53(47(103)33-31-29-27-25-23-21-18-16-14-12-10-8-6-2)127-82-68(115)67(114)72(56(42-99)130-82)132-84-71(118)79(139-89(86(122)123)36-48(104)59(91)74(135-89)63(110)51(107)39-96)73(57(43-100)131-84)133-81-62(95-45(3)101)77(65(112)54(40-97)128-81)134-83-70(117)78(66(113)55(41-98)129-83)138-88(85(120)121)35-49(105)61(93)76(137-88)69(116)80(119)140-90(87(124)125)37-50(106)60(92)75(136-90)64(111)52(108)44-126-46(4)102/h31,33,47-57,59-84,96-100,103-108,110-119H,5-30,32,34-44,91-93H2,1-4H3,(H,94,109)(H,95,101)(H,120,121)(H,122,123)(H,124,125)/b33-31+/t47?,48-,49-,50-,51?,52?,53?,54-,55-,56+,57-,59+,60+,61+,62-,63?,64?,65+,66+,67+,68+,69?,70-,71-,72+,73+,74+,75+,76+,77-,78+,79-,80?,81+,82+,83+,84+,88+,89+,90+/m0/s1. The van der Waals surface area contributed by atoms with Gasteiger partial charge in [-0.05, 0) is 19.3 Å². The summed E-state index contributed by atoms with van der Waals surface area (Å²) in [4.78, 5) is 79.3. The molecule has 50 nitrogen and oxygen atoms in total. The molecule has 0 aromatic carbocycles. The molecule has 7 fully saturated rings. The zero-order valence-corrected chi connectivity index (χ0v) is 79.9. The molecule has 0 aliphatic carbocycles. The van der Waals surface area contributed by atoms with Gasteiger partial charge in [0.1, 0.15) is 165 Å². The number of carbonyl (C=O) groups is 6. The van der Waals surface area contributed by atoms with Crippen molar-refractivity contribution in [2.24, 2.45) is 17.2 Å². The molecule has 32 N–H and O–H groups in total. The van der Waals surface area contributed by atoms with Crippen molar-refractivity contribution in [3.63, 3.8) is 0 Å². The number of amides is 2. The lowest BCUT2D eigenvalue weighted by atomic mass is 9.88. The van der Waals surface area contributed by atoms with Crippen LogP contribution in [0.2, 0.25) is 0 Å². The third-order valence-corrected chi connectivity index (χ3v) is 26.6. The minimum atomic E-state index is -3.56. The number of carboxylic acid groups (broad SMARTS) is 3. The number of aliphatic hydroxyl groups excluding tert-OH is 21. The van der Waals surface area contributed by atoms with Crippen LogP contribution in [0.1, 0.15) is 227 Å². The molecule has 814 valence electrons. The molecule has 0 saturated carbocycles. The molecule has 50 heteroatoms. The largest absolute Gasteiger partial charge is 0.477 e. The molecule has 7 saturated heterocycles. The molecule has 40 atom stereocenters. The number of ether oxygens (including phenoxy) is 15. The average Bonchev–Trinajstić information content (AvgIpc) is 0.735. The molecule has 7 rings (SSSR count). The Hall–Kier alpha value is -4.96. The SMILES string of the molecule is CCCCCCCCCCCCC/C=C/C(O)C(CNC(=O)CCCCCCCCCCCCCCCCC)O[C@@H]1O[C@H](CO)[C@@H](O[C@H]2O[C@@H](CO)[C@@H](O[C@H]3O[C@@H](CO)[C@@H](O)[C@@H](O[C@H]4O[C@@H](CO)[C@@H](O)[C@@H](O[C@@]5(C(=O)O)C[C@H](O)[C@@H](N)[C@H](C(O)C(O)O[C@@]6(C(=O)O)C[C@H](O)[C@@H](N)[C@H](C(O)C(O)COC(C)=O)O6)O5)[C@@H]4O)[C@@H]3NC(C)=O)[C@@H](O[C@@]3(C(=O)O)C[C@H](O)[C@@H](N)[C@H](C(O)C(O)CO)O3)[C@@H]2O)[C@H](O)[C@H]1O. The van der Waals surface area contributed by atoms with Gasteiger partial charge in [0.2, 0.25) is 11.8 Å². The fraction of sp³-hybridized carbons (Fsp3) is 0.911. The van der Waals surface area contributed by atoms with Gasteiger partial charge in [0.15, 0.2) is 31.5 Å². The Morgan fingerprint density at radius 3 is 1.27 bits per heavy atom. The highest BCUT2D eigenvalue weighted by Gasteiger charge is 2.65. The van der Waals surface area contributed by atoms with Gasteiger partial charge in [0.25, 0.3) is 17.4 Å². The Kier molecular flexibility index (Phi) is 52.2. The molecule has 0 spiro atoms. The minimum Gasteiger partial charge on any atom is -0.477 e. The van der Waals surface area contributed by atoms with Gasteiger partial charge in [0.05, 0.1) is 69.5 Å². The number of nitrogens with one attached hydrogen (secondary N) is 2. The van der Waals surface area contributed by atoms with Gasteiger partial charge >= 0.3 is 23.9 Å². The molecule has 2 amide bonds. The van der Waals surface area contributed by atoms with E-state index in [0.29, 0.717) is 12.8 Å². The first-order chi connectivity index (χ1) is 66.5. The van der Waals surface area contributed by atoms with Crippen molar-refractivity contribution < 1.29 is 222 Å². The predicted octanol–water partition coefficient (Wildman–Crippen LogP) is -6.70. The molecule has 7 aliphatic rings. The maximum absolute atomic E-state index is 14.0. The van der Waals surface area contributed by atoms with Gasteiger partial charge in [-0.15, -0.1) is 0 Å². The van der Waals surface area contributed by atoms with E-state index in [1.54, 1.807) is 6.08 Å². The van der Waals surface area contributed by atoms with Gasteiger partial charge in [-0.25, -0.2) is 14.4 Å². The van der Waals surface area contributed by atoms with E-state index < -0.39 is 338 Å². The number of carboxylic acids is 3. The minimum absolute atomic E-state index is 0.116. The van der Waals surface area contributed by atoms with Crippen LogP contribution in [-0.2, 0) is 99.8 Å². The fourth-order valence-corrected chi connectivity index (χ4v) is 18.3. The second kappa shape index (κ2) is 59.9. The van der Waals surface area contributed by atoms with Gasteiger partial charge in [-0.3, -0.25) is 14.4 Å². The molecule has 7 aliphatic heterocycles. The van der Waals surface area contributed by atoms with E-state index in [-0.39, 0.29) is 13.0 Å². The summed E-state index contributed by atoms with van der Waals surface area (Å²) in [5.41, 5.74) is 18.4. The monoisotopic (exact) mass is 2030 g/mol. The van der Waals surface area contributed by atoms with Crippen molar-refractivity contribution in [1.82, 2.24) is 10.6 Å². The van der Waals surface area contributed by atoms with Gasteiger partial charge in [-0.2, -0.15) is 0 Å². The summed E-state index contributed by atoms with van der Waals surface area (Å²) in [5, 5.41) is 278. The zero-order chi connectivity index (χ0) is 104. The highest BCUT2D eigenvalue weighted by molar-refractivity contribution is 5.77. The van der Waals surface area contributed by atoms with E-state index in [4.69, 9.17) is 83.5 Å². The Bertz CT molecular complexity index is 3640. The van der Waals surface area contributed by atoms with Crippen molar-refractivity contribution in [2.45, 2.75) is 471 Å². The number of allylic oxidation sites excluding steroid dienone is 1. The lowest BCUT2D eigenvalue weighted by Crippen LogP contribution is -2.72. The Morgan fingerprint density at radius 1 is 0.429 bits per heavy atom. The third kappa shape index (κ3) is 33.8. The molecule has 0 aromatic heterocycles. The second-order valence-electron chi connectivity index (χ2n) is 37.5. The number of unbranched alkanes of at least 4 members (excludes halogenated alkanes) is 25. The molecule has 140 heavy (non-hydrogen) atoms. The van der Waals surface area contributed by atoms with Crippen LogP contribution in [0.3, 0.4) is 0 Å². The second-order valence-corrected chi connectivity index (χ2v) is 37.5. The molecule has 7 heterocycles. The maximum atomic E-state index is 14.0. The number of esters is 1. The molecule has 0 aromatic rings. The van der Waals surface area contributed by atoms with Crippen LogP contribution in [0.4, 0.5) is 0 Å². The van der Waals surface area contributed by atoms with Gasteiger partial charge in [0, 0.05) is 46.1 Å². The van der Waals surface area contributed by atoms with E-state index >= 15 is 0 Å². The number of hydrogen-bond acceptors (Lipinski definition) is 45. The maximum Gasteiger partial charge on any atom is 0.364 e. The van der Waals surface area contributed by atoms with Crippen LogP contribution in [-0.4, -0.2) is 448 Å². The normalized spacial score (nSPS) is 36.8. The van der Waals surface area contributed by atoms with Crippen LogP contribution in [0.25, 0.3) is 0 Å². The average molecular weight is 2030 g/mol. The molecule has 8 unspecified atom stereocenters. The Balaban J connectivity index is 1.16. The van der Waals surface area contributed by atoms with Crippen molar-refractivity contribution >= 4 is 35.7 Å². The van der Waals surface area contributed by atoms with E-state index in [2.05, 4.69) is 29.2 Å². The van der Waals surface area contributed by atoms with Crippen LogP contribution in [0, 0.1) is 0 Å². The van der Waals surface area contributed by atoms with E-state index in [0.717, 1.165) is 84.5 Å². The highest BCUT2D eigenvalue weighted by atomic mass is 16.8. The summed E-state index contributed by atoms with van der Waals surface area (Å²) in [5.74, 6) is -19.6. The smallest absolute Gasteiger partial charge is 0.364 e. The quantitative estimate of drug-likeness (QED) is 0.0116. The number of aliphatic carboxylic acids is 3. The van der Waals surface area contributed by atoms with Crippen LogP contribution in [0.5, 0.6) is 0 Å². The van der Waals surface area contributed by atoms with Crippen molar-refractivity contribution in [2.75, 3.05) is 46.2 Å². The Labute approximate surface area is 811 Å². The number of aliphatic hydroxyl groups is 21. The number of hydrogen-bond donors (Lipinski definition) is 29. The summed E-state index contributed by atoms with van der Waals surface area (Å²) in [6.07, 6.45) is -47.3. The predicted molar refractivity (Wildman–Crippen MR) is 477 cm³/mol. The van der Waals surface area contributed by atoms with Crippen molar-refractivity contribution in [1.29, 1.82) is 0 Å². The third-order valence-electron chi connectivity index (χ3n) is 26.6. The lowest BCUT2D eigenvalue weighted by Gasteiger charge is -2.53. The summed E-state index contributed by atoms with van der Waals surface area (Å²) >= 11 is 0. The number of rotatable bonds is 63. The molecular formula is C90H159N5O45. The fourth-order valence-electron chi connectivity index (χ4n) is 18.3. The van der Waals surface area contributed by atoms with Crippen molar-refractivity contribution in [3.8, 4) is 0 Å². The number of nitrogens with two attached hydrogens (primary N) is 3. The summed E-state index contributed by atoms with van der Waals surface area (Å²) in [6, 6.07) is -7.88. The molecular weight excluding hydrogens is 1870 g/mol. The Morgan fingerprint density at radius 2 is 0.814 bits per heavy atom. The van der Waals surface area contributed by atoms with Gasteiger partial charge in [-0.1, -0.05) is 180 Å².